The highest BCUT2D eigenvalue weighted by atomic mass is 16.1. The highest BCUT2D eigenvalue weighted by molar-refractivity contribution is 6.03. The van der Waals surface area contributed by atoms with E-state index in [1.165, 1.54) is 0 Å². The highest BCUT2D eigenvalue weighted by Crippen LogP contribution is 2.22. The van der Waals surface area contributed by atoms with Crippen LogP contribution in [0.5, 0.6) is 0 Å². The number of anilines is 1. The summed E-state index contributed by atoms with van der Waals surface area (Å²) in [6.45, 7) is 1.83. The van der Waals surface area contributed by atoms with Crippen LogP contribution in [0.15, 0.2) is 65.5 Å². The lowest BCUT2D eigenvalue weighted by molar-refractivity contribution is 0.0989. The van der Waals surface area contributed by atoms with Crippen molar-refractivity contribution in [1.29, 1.82) is 0 Å². The fraction of sp³-hybridized carbons (Fsp3) is 0.130. The van der Waals surface area contributed by atoms with E-state index < -0.39 is 0 Å². The molecule has 8 nitrogen and oxygen atoms in total. The first kappa shape index (κ1) is 20.1. The number of rotatable bonds is 1. The summed E-state index contributed by atoms with van der Waals surface area (Å²) < 4.78 is 3.32. The minimum Gasteiger partial charge on any atom is -0.397 e. The van der Waals surface area contributed by atoms with Crippen molar-refractivity contribution < 1.29 is 4.79 Å². The molecule has 0 spiro atoms. The molecule has 1 aliphatic carbocycles. The lowest BCUT2D eigenvalue weighted by atomic mass is 10.0. The van der Waals surface area contributed by atoms with Crippen LogP contribution in [0.3, 0.4) is 0 Å². The van der Waals surface area contributed by atoms with Crippen LogP contribution in [0.25, 0.3) is 22.4 Å². The zero-order valence-electron chi connectivity index (χ0n) is 17.2. The number of aromatic nitrogens is 4. The van der Waals surface area contributed by atoms with Crippen LogP contribution in [0.1, 0.15) is 28.3 Å². The van der Waals surface area contributed by atoms with Crippen molar-refractivity contribution in [3.05, 3.63) is 88.1 Å². The van der Waals surface area contributed by atoms with Crippen LogP contribution in [0.2, 0.25) is 0 Å². The molecule has 0 saturated heterocycles. The number of Topliss-reactive ketones (excluding diaryl/α,β-unsaturated/α-hetero) is 1. The van der Waals surface area contributed by atoms with Gasteiger partial charge in [-0.3, -0.25) is 14.3 Å². The summed E-state index contributed by atoms with van der Waals surface area (Å²) in [6, 6.07) is 16.9. The molecule has 0 fully saturated rings. The molecular formula is C23H22N6O2. The Morgan fingerprint density at radius 1 is 0.871 bits per heavy atom. The SMILES string of the molecule is Cc1c(N)c(=O)n(-c2ccccc2)n1C.NC1=CCC(=O)c2nc3ccccc3nc21. The molecule has 0 amide bonds. The number of nitrogens with zero attached hydrogens (tertiary/aromatic N) is 4. The predicted molar refractivity (Wildman–Crippen MR) is 121 cm³/mol. The van der Waals surface area contributed by atoms with E-state index in [4.69, 9.17) is 11.5 Å². The summed E-state index contributed by atoms with van der Waals surface area (Å²) in [7, 11) is 1.82. The molecular weight excluding hydrogens is 392 g/mol. The van der Waals surface area contributed by atoms with Crippen LogP contribution >= 0.6 is 0 Å². The van der Waals surface area contributed by atoms with Crippen molar-refractivity contribution >= 4 is 28.2 Å². The van der Waals surface area contributed by atoms with Gasteiger partial charge in [0.05, 0.1) is 28.1 Å². The Labute approximate surface area is 178 Å². The van der Waals surface area contributed by atoms with Gasteiger partial charge in [-0.25, -0.2) is 14.6 Å². The Morgan fingerprint density at radius 3 is 2.03 bits per heavy atom. The van der Waals surface area contributed by atoms with Gasteiger partial charge >= 0.3 is 0 Å². The number of para-hydroxylation sites is 3. The Bertz CT molecular complexity index is 1380. The van der Waals surface area contributed by atoms with Crippen LogP contribution in [0, 0.1) is 6.92 Å². The largest absolute Gasteiger partial charge is 0.397 e. The summed E-state index contributed by atoms with van der Waals surface area (Å²) in [5.41, 5.74) is 16.2. The predicted octanol–water partition coefficient (Wildman–Crippen LogP) is 2.58. The van der Waals surface area contributed by atoms with E-state index in [-0.39, 0.29) is 11.3 Å². The van der Waals surface area contributed by atoms with Crippen LogP contribution in [-0.4, -0.2) is 25.1 Å². The summed E-state index contributed by atoms with van der Waals surface area (Å²) in [5.74, 6) is -0.0255. The van der Waals surface area contributed by atoms with Gasteiger partial charge in [0, 0.05) is 13.5 Å². The van der Waals surface area contributed by atoms with E-state index in [1.54, 1.807) is 15.4 Å². The van der Waals surface area contributed by atoms with Crippen molar-refractivity contribution in [1.82, 2.24) is 19.3 Å². The lowest BCUT2D eigenvalue weighted by Crippen LogP contribution is -2.20. The molecule has 31 heavy (non-hydrogen) atoms. The molecule has 2 aromatic heterocycles. The first-order chi connectivity index (χ1) is 14.9. The fourth-order valence-corrected chi connectivity index (χ4v) is 3.38. The van der Waals surface area contributed by atoms with E-state index >= 15 is 0 Å². The number of hydrogen-bond donors (Lipinski definition) is 2. The van der Waals surface area contributed by atoms with Crippen LogP contribution in [-0.2, 0) is 7.05 Å². The topological polar surface area (TPSA) is 122 Å². The second-order valence-electron chi connectivity index (χ2n) is 7.17. The Hall–Kier alpha value is -4.20. The van der Waals surface area contributed by atoms with Gasteiger partial charge in [-0.2, -0.15) is 0 Å². The van der Waals surface area contributed by atoms with E-state index in [2.05, 4.69) is 9.97 Å². The average Bonchev–Trinajstić information content (AvgIpc) is 2.99. The number of benzene rings is 2. The third kappa shape index (κ3) is 3.59. The maximum absolute atomic E-state index is 11.8. The molecule has 1 aliphatic rings. The zero-order valence-corrected chi connectivity index (χ0v) is 17.2. The summed E-state index contributed by atoms with van der Waals surface area (Å²) in [5, 5.41) is 0. The molecule has 4 aromatic rings. The molecule has 0 atom stereocenters. The van der Waals surface area contributed by atoms with Crippen molar-refractivity contribution in [2.24, 2.45) is 12.8 Å². The Balaban J connectivity index is 0.000000150. The van der Waals surface area contributed by atoms with Gasteiger partial charge in [0.1, 0.15) is 17.1 Å². The fourth-order valence-electron chi connectivity index (χ4n) is 3.38. The third-order valence-electron chi connectivity index (χ3n) is 5.21. The van der Waals surface area contributed by atoms with Crippen molar-refractivity contribution in [3.8, 4) is 5.69 Å². The van der Waals surface area contributed by atoms with E-state index in [0.29, 0.717) is 29.2 Å². The van der Waals surface area contributed by atoms with Gasteiger partial charge in [0.15, 0.2) is 5.78 Å². The summed E-state index contributed by atoms with van der Waals surface area (Å²) in [4.78, 5) is 32.2. The first-order valence-corrected chi connectivity index (χ1v) is 9.74. The van der Waals surface area contributed by atoms with Crippen molar-refractivity contribution in [3.63, 3.8) is 0 Å². The van der Waals surface area contributed by atoms with Gasteiger partial charge in [0.2, 0.25) is 0 Å². The van der Waals surface area contributed by atoms with Gasteiger partial charge in [0.25, 0.3) is 5.56 Å². The minimum atomic E-state index is -0.166. The Kier molecular flexibility index (Phi) is 5.12. The molecule has 0 radical (unpaired) electrons. The van der Waals surface area contributed by atoms with Gasteiger partial charge in [-0.05, 0) is 31.2 Å². The highest BCUT2D eigenvalue weighted by Gasteiger charge is 2.21. The third-order valence-corrected chi connectivity index (χ3v) is 5.21. The monoisotopic (exact) mass is 414 g/mol. The molecule has 0 aliphatic heterocycles. The Morgan fingerprint density at radius 2 is 1.45 bits per heavy atom. The summed E-state index contributed by atoms with van der Waals surface area (Å²) >= 11 is 0. The van der Waals surface area contributed by atoms with E-state index in [9.17, 15) is 9.59 Å². The molecule has 0 saturated carbocycles. The second kappa shape index (κ2) is 7.91. The number of nitrogen functional groups attached to an aromatic ring is 1. The minimum absolute atomic E-state index is 0.0255. The maximum atomic E-state index is 11.8. The van der Waals surface area contributed by atoms with Crippen molar-refractivity contribution in [2.45, 2.75) is 13.3 Å². The number of carbonyl (C=O) groups excluding carboxylic acids is 1. The molecule has 2 aromatic carbocycles. The van der Waals surface area contributed by atoms with Gasteiger partial charge < -0.3 is 11.5 Å². The number of hydrogen-bond acceptors (Lipinski definition) is 6. The van der Waals surface area contributed by atoms with Gasteiger partial charge in [-0.15, -0.1) is 0 Å². The molecule has 0 unspecified atom stereocenters. The standard InChI is InChI=1S/C12H9N3O.C11H13N3O/c13-7-5-6-10(16)12-11(7)14-8-3-1-2-4-9(8)15-12;1-8-10(12)11(15)14(13(8)2)9-6-4-3-5-7-9/h1-5H,6,13H2;3-7H,12H2,1-2H3. The van der Waals surface area contributed by atoms with E-state index in [0.717, 1.165) is 22.4 Å². The molecule has 0 bridgehead atoms. The normalized spacial score (nSPS) is 12.7. The van der Waals surface area contributed by atoms with Crippen molar-refractivity contribution in [2.75, 3.05) is 5.73 Å². The van der Waals surface area contributed by atoms with Gasteiger partial charge in [-0.1, -0.05) is 36.4 Å². The second-order valence-corrected chi connectivity index (χ2v) is 7.17. The maximum Gasteiger partial charge on any atom is 0.294 e. The number of allylic oxidation sites excluding steroid dienone is 1. The molecule has 5 rings (SSSR count). The quantitative estimate of drug-likeness (QED) is 0.494. The molecule has 4 N–H and O–H groups in total. The lowest BCUT2D eigenvalue weighted by Gasteiger charge is -2.12. The summed E-state index contributed by atoms with van der Waals surface area (Å²) in [6.07, 6.45) is 2.00. The number of ketones is 1. The molecule has 2 heterocycles. The van der Waals surface area contributed by atoms with Crippen LogP contribution < -0.4 is 17.0 Å². The first-order valence-electron chi connectivity index (χ1n) is 9.74. The smallest absolute Gasteiger partial charge is 0.294 e. The molecule has 8 heteroatoms. The number of nitrogens with two attached hydrogens (primary N) is 2. The number of fused-ring (bicyclic) bond motifs is 2. The van der Waals surface area contributed by atoms with Crippen LogP contribution in [0.4, 0.5) is 5.69 Å². The average molecular weight is 414 g/mol. The zero-order chi connectivity index (χ0) is 22.1. The molecule has 156 valence electrons. The van der Waals surface area contributed by atoms with E-state index in [1.807, 2.05) is 68.6 Å². The number of carbonyl (C=O) groups is 1.